The Labute approximate surface area is 221 Å². The van der Waals surface area contributed by atoms with Crippen molar-refractivity contribution in [1.82, 2.24) is 24.3 Å². The summed E-state index contributed by atoms with van der Waals surface area (Å²) in [6.45, 7) is 15.6. The predicted octanol–water partition coefficient (Wildman–Crippen LogP) is 5.84. The molecule has 1 aliphatic rings. The Morgan fingerprint density at radius 3 is 2.29 bits per heavy atom. The summed E-state index contributed by atoms with van der Waals surface area (Å²) in [7, 11) is 0. The maximum absolute atomic E-state index is 14.7. The number of pyridine rings is 1. The molecule has 3 heterocycles. The van der Waals surface area contributed by atoms with E-state index in [1.807, 2.05) is 19.1 Å². The van der Waals surface area contributed by atoms with Crippen molar-refractivity contribution < 1.29 is 4.39 Å². The van der Waals surface area contributed by atoms with E-state index < -0.39 is 0 Å². The monoisotopic (exact) mass is 521 g/mol. The molecule has 0 saturated carbocycles. The summed E-state index contributed by atoms with van der Waals surface area (Å²) < 4.78 is 16.9. The number of fused-ring (bicyclic) bond motifs is 1. The topological polar surface area (TPSA) is 37.2 Å². The minimum Gasteiger partial charge on any atom is -0.308 e. The predicted molar refractivity (Wildman–Crippen MR) is 149 cm³/mol. The molecule has 3 aromatic rings. The Morgan fingerprint density at radius 2 is 1.69 bits per heavy atom. The van der Waals surface area contributed by atoms with Crippen molar-refractivity contribution in [2.45, 2.75) is 53.6 Å². The summed E-state index contributed by atoms with van der Waals surface area (Å²) >= 11 is 0. The van der Waals surface area contributed by atoms with E-state index in [2.05, 4.69) is 60.3 Å². The first kappa shape index (κ1) is 29.2. The van der Waals surface area contributed by atoms with Crippen LogP contribution in [0.1, 0.15) is 49.0 Å². The SMILES string of the molecule is CCc1nc2c(C)cc(C)nc2n1Cc1ccc(C=C(F)CN2CCN(C(C)C)CC2)cc1.Cl.Cl. The molecule has 1 fully saturated rings. The maximum atomic E-state index is 14.7. The molecule has 1 aliphatic heterocycles. The molecular formula is C27H38Cl2FN5. The molecule has 1 saturated heterocycles. The van der Waals surface area contributed by atoms with Gasteiger partial charge in [0.15, 0.2) is 5.65 Å². The first-order valence-corrected chi connectivity index (χ1v) is 12.1. The molecule has 0 unspecified atom stereocenters. The smallest absolute Gasteiger partial charge is 0.160 e. The molecule has 8 heteroatoms. The van der Waals surface area contributed by atoms with Crippen molar-refractivity contribution in [3.8, 4) is 0 Å². The van der Waals surface area contributed by atoms with Gasteiger partial charge >= 0.3 is 0 Å². The number of hydrogen-bond acceptors (Lipinski definition) is 4. The van der Waals surface area contributed by atoms with Gasteiger partial charge in [0.1, 0.15) is 17.2 Å². The van der Waals surface area contributed by atoms with Gasteiger partial charge in [-0.3, -0.25) is 9.80 Å². The molecule has 2 aromatic heterocycles. The van der Waals surface area contributed by atoms with E-state index in [-0.39, 0.29) is 30.6 Å². The van der Waals surface area contributed by atoms with Gasteiger partial charge < -0.3 is 4.57 Å². The molecule has 0 amide bonds. The largest absolute Gasteiger partial charge is 0.308 e. The fraction of sp³-hybridized carbons (Fsp3) is 0.481. The van der Waals surface area contributed by atoms with Crippen LogP contribution in [0.25, 0.3) is 17.2 Å². The minimum atomic E-state index is -0.0789. The molecule has 0 spiro atoms. The van der Waals surface area contributed by atoms with Crippen LogP contribution in [0.4, 0.5) is 4.39 Å². The standard InChI is InChI=1S/C27H36FN5.2ClH/c1-6-25-30-26-20(4)15-21(5)29-27(26)33(25)17-23-9-7-22(8-10-23)16-24(28)18-31-11-13-32(14-12-31)19(2)3;;/h7-10,15-16,19H,6,11-14,17-18H2,1-5H3;2*1H. The van der Waals surface area contributed by atoms with Crippen LogP contribution in [0, 0.1) is 13.8 Å². The second-order valence-corrected chi connectivity index (χ2v) is 9.46. The fourth-order valence-electron chi connectivity index (χ4n) is 4.66. The number of aryl methyl sites for hydroxylation is 3. The quantitative estimate of drug-likeness (QED) is 0.391. The number of imidazole rings is 1. The molecule has 0 bridgehead atoms. The van der Waals surface area contributed by atoms with Crippen LogP contribution in [0.3, 0.4) is 0 Å². The van der Waals surface area contributed by atoms with Gasteiger partial charge in [-0.25, -0.2) is 14.4 Å². The zero-order valence-corrected chi connectivity index (χ0v) is 23.1. The Hall–Kier alpha value is -1.99. The van der Waals surface area contributed by atoms with E-state index in [0.29, 0.717) is 19.1 Å². The number of hydrogen-bond donors (Lipinski definition) is 0. The second-order valence-electron chi connectivity index (χ2n) is 9.46. The third-order valence-electron chi connectivity index (χ3n) is 6.57. The summed E-state index contributed by atoms with van der Waals surface area (Å²) in [4.78, 5) is 14.2. The van der Waals surface area contributed by atoms with E-state index in [0.717, 1.165) is 72.0 Å². The average molecular weight is 523 g/mol. The number of piperazine rings is 1. The highest BCUT2D eigenvalue weighted by atomic mass is 35.5. The Balaban J connectivity index is 0.00000216. The van der Waals surface area contributed by atoms with Gasteiger partial charge in [-0.1, -0.05) is 31.2 Å². The number of benzene rings is 1. The lowest BCUT2D eigenvalue weighted by Crippen LogP contribution is -2.49. The van der Waals surface area contributed by atoms with Gasteiger partial charge in [0.25, 0.3) is 0 Å². The van der Waals surface area contributed by atoms with Crippen LogP contribution in [0.2, 0.25) is 0 Å². The van der Waals surface area contributed by atoms with Crippen LogP contribution >= 0.6 is 24.8 Å². The van der Waals surface area contributed by atoms with E-state index in [9.17, 15) is 4.39 Å². The first-order valence-electron chi connectivity index (χ1n) is 12.1. The summed E-state index contributed by atoms with van der Waals surface area (Å²) in [5, 5.41) is 0. The molecular weight excluding hydrogens is 484 g/mol. The van der Waals surface area contributed by atoms with Gasteiger partial charge in [-0.15, -0.1) is 24.8 Å². The molecule has 0 aliphatic carbocycles. The number of nitrogens with zero attached hydrogens (tertiary/aromatic N) is 5. The van der Waals surface area contributed by atoms with Gasteiger partial charge in [-0.05, 0) is 56.5 Å². The van der Waals surface area contributed by atoms with Crippen molar-refractivity contribution in [2.24, 2.45) is 0 Å². The fourth-order valence-corrected chi connectivity index (χ4v) is 4.66. The first-order chi connectivity index (χ1) is 15.8. The van der Waals surface area contributed by atoms with Crippen molar-refractivity contribution in [2.75, 3.05) is 32.7 Å². The Morgan fingerprint density at radius 1 is 1.03 bits per heavy atom. The maximum Gasteiger partial charge on any atom is 0.160 e. The number of aromatic nitrogens is 3. The molecule has 0 N–H and O–H groups in total. The zero-order valence-electron chi connectivity index (χ0n) is 21.4. The minimum absolute atomic E-state index is 0. The van der Waals surface area contributed by atoms with Gasteiger partial charge in [0, 0.05) is 44.3 Å². The summed E-state index contributed by atoms with van der Waals surface area (Å²) in [6.07, 6.45) is 2.52. The van der Waals surface area contributed by atoms with Crippen molar-refractivity contribution in [3.05, 3.63) is 64.4 Å². The van der Waals surface area contributed by atoms with Crippen LogP contribution in [-0.2, 0) is 13.0 Å². The lowest BCUT2D eigenvalue weighted by atomic mass is 10.1. The normalized spacial score (nSPS) is 15.3. The second kappa shape index (κ2) is 12.8. The summed E-state index contributed by atoms with van der Waals surface area (Å²) in [5.74, 6) is 0.962. The molecule has 35 heavy (non-hydrogen) atoms. The molecule has 192 valence electrons. The Kier molecular flexibility index (Phi) is 10.7. The highest BCUT2D eigenvalue weighted by molar-refractivity contribution is 5.85. The summed E-state index contributed by atoms with van der Waals surface area (Å²) in [5.41, 5.74) is 6.14. The van der Waals surface area contributed by atoms with E-state index in [1.165, 1.54) is 0 Å². The van der Waals surface area contributed by atoms with E-state index in [1.54, 1.807) is 6.08 Å². The van der Waals surface area contributed by atoms with Crippen LogP contribution < -0.4 is 0 Å². The zero-order chi connectivity index (χ0) is 23.5. The van der Waals surface area contributed by atoms with Crippen LogP contribution in [0.15, 0.2) is 36.2 Å². The van der Waals surface area contributed by atoms with E-state index >= 15 is 0 Å². The summed E-state index contributed by atoms with van der Waals surface area (Å²) in [6, 6.07) is 10.8. The highest BCUT2D eigenvalue weighted by Gasteiger charge is 2.19. The lowest BCUT2D eigenvalue weighted by molar-refractivity contribution is 0.111. The van der Waals surface area contributed by atoms with Crippen LogP contribution in [0.5, 0.6) is 0 Å². The van der Waals surface area contributed by atoms with Crippen molar-refractivity contribution in [3.63, 3.8) is 0 Å². The van der Waals surface area contributed by atoms with Gasteiger partial charge in [0.05, 0.1) is 13.1 Å². The average Bonchev–Trinajstić information content (AvgIpc) is 3.13. The van der Waals surface area contributed by atoms with Crippen LogP contribution in [-0.4, -0.2) is 63.1 Å². The number of halogens is 3. The molecule has 1 aromatic carbocycles. The van der Waals surface area contributed by atoms with Crippen molar-refractivity contribution >= 4 is 42.1 Å². The Bertz CT molecular complexity index is 1130. The van der Waals surface area contributed by atoms with E-state index in [4.69, 9.17) is 9.97 Å². The lowest BCUT2D eigenvalue weighted by Gasteiger charge is -2.36. The number of rotatable bonds is 7. The highest BCUT2D eigenvalue weighted by Crippen LogP contribution is 2.21. The third kappa shape index (κ3) is 7.04. The molecule has 0 atom stereocenters. The third-order valence-corrected chi connectivity index (χ3v) is 6.57. The molecule has 4 rings (SSSR count). The van der Waals surface area contributed by atoms with Gasteiger partial charge in [-0.2, -0.15) is 0 Å². The van der Waals surface area contributed by atoms with Gasteiger partial charge in [0.2, 0.25) is 0 Å². The molecule has 0 radical (unpaired) electrons. The molecule has 5 nitrogen and oxygen atoms in total. The van der Waals surface area contributed by atoms with Crippen molar-refractivity contribution in [1.29, 1.82) is 0 Å².